The fourth-order valence-corrected chi connectivity index (χ4v) is 4.09. The molecular weight excluding hydrogens is 483 g/mol. The molecule has 1 fully saturated rings. The van der Waals surface area contributed by atoms with Crippen LogP contribution in [0.25, 0.3) is 11.4 Å². The molecule has 0 N–H and O–H groups in total. The van der Waals surface area contributed by atoms with Gasteiger partial charge in [0.25, 0.3) is 5.91 Å². The largest absolute Gasteiger partial charge is 0.472 e. The fraction of sp³-hybridized carbons (Fsp3) is 0.333. The van der Waals surface area contributed by atoms with Gasteiger partial charge in [-0.05, 0) is 43.6 Å². The molecule has 0 radical (unpaired) electrons. The lowest BCUT2D eigenvalue weighted by atomic mass is 9.86. The van der Waals surface area contributed by atoms with Crippen LogP contribution < -0.4 is 4.74 Å². The molecule has 2 heterocycles. The number of ether oxygens (including phenoxy) is 1. The van der Waals surface area contributed by atoms with Crippen molar-refractivity contribution >= 4 is 15.1 Å². The van der Waals surface area contributed by atoms with Crippen molar-refractivity contribution in [3.8, 4) is 17.3 Å². The molecule has 11 heteroatoms. The summed E-state index contributed by atoms with van der Waals surface area (Å²) in [5.41, 5.74) is -0.712. The molecule has 1 aliphatic rings. The predicted octanol–water partition coefficient (Wildman–Crippen LogP) is 5.01. The molecule has 4 rings (SSSR count). The maximum atomic E-state index is 15.0. The Kier molecular flexibility index (Phi) is 7.60. The van der Waals surface area contributed by atoms with Crippen LogP contribution in [0.15, 0.2) is 55.0 Å². The predicted molar refractivity (Wildman–Crippen MR) is 124 cm³/mol. The van der Waals surface area contributed by atoms with Gasteiger partial charge in [0, 0.05) is 36.8 Å². The number of pyridine rings is 1. The lowest BCUT2D eigenvalue weighted by molar-refractivity contribution is -0.137. The number of carbonyl (C=O) groups excluding carboxylic acids is 1. The highest BCUT2D eigenvalue weighted by molar-refractivity contribution is 7.16. The van der Waals surface area contributed by atoms with E-state index in [1.54, 1.807) is 17.0 Å². The number of amides is 1. The number of halogens is 4. The molecule has 2 aromatic heterocycles. The van der Waals surface area contributed by atoms with Crippen molar-refractivity contribution in [2.45, 2.75) is 37.6 Å². The summed E-state index contributed by atoms with van der Waals surface area (Å²) in [6, 6.07) is 7.62. The second kappa shape index (κ2) is 10.6. The van der Waals surface area contributed by atoms with Gasteiger partial charge in [-0.15, -0.1) is 9.24 Å². The Labute approximate surface area is 202 Å². The van der Waals surface area contributed by atoms with Crippen LogP contribution in [-0.4, -0.2) is 50.6 Å². The number of benzene rings is 1. The SMILES string of the molecule is O=C(c1c(F)cccc1-c1ncccn1)N(CCCP)C1CCC1Oc1ccc(C(F)(F)F)cn1. The first-order valence-corrected chi connectivity index (χ1v) is 11.9. The van der Waals surface area contributed by atoms with Crippen LogP contribution in [0.2, 0.25) is 0 Å². The second-order valence-corrected chi connectivity index (χ2v) is 8.64. The van der Waals surface area contributed by atoms with Gasteiger partial charge in [-0.3, -0.25) is 4.79 Å². The second-order valence-electron chi connectivity index (χ2n) is 8.06. The molecule has 0 spiro atoms. The molecule has 1 aromatic carbocycles. The first-order valence-electron chi connectivity index (χ1n) is 11.1. The van der Waals surface area contributed by atoms with Crippen molar-refractivity contribution in [3.63, 3.8) is 0 Å². The normalized spacial score (nSPS) is 17.5. The standard InChI is InChI=1S/C24H23F4N4O2P/c25-17-5-1-4-16(22-29-10-2-11-30-22)21(17)23(33)32(12-3-13-35)18-7-8-19(18)34-20-9-6-15(14-31-20)24(26,27)28/h1-2,4-6,9-11,14,18-19H,3,7-8,12-13,35H2. The van der Waals surface area contributed by atoms with Crippen molar-refractivity contribution in [2.75, 3.05) is 12.7 Å². The Morgan fingerprint density at radius 2 is 1.86 bits per heavy atom. The topological polar surface area (TPSA) is 68.2 Å². The summed E-state index contributed by atoms with van der Waals surface area (Å²) in [5, 5.41) is 0. The molecule has 3 unspecified atom stereocenters. The number of aromatic nitrogens is 3. The molecule has 3 aromatic rings. The van der Waals surface area contributed by atoms with Crippen LogP contribution in [-0.2, 0) is 6.18 Å². The van der Waals surface area contributed by atoms with Crippen LogP contribution in [0, 0.1) is 5.82 Å². The summed E-state index contributed by atoms with van der Waals surface area (Å²) < 4.78 is 59.3. The third kappa shape index (κ3) is 5.59. The van der Waals surface area contributed by atoms with Crippen molar-refractivity contribution in [1.82, 2.24) is 19.9 Å². The van der Waals surface area contributed by atoms with Crippen LogP contribution in [0.5, 0.6) is 5.88 Å². The monoisotopic (exact) mass is 506 g/mol. The lowest BCUT2D eigenvalue weighted by Crippen LogP contribution is -2.55. The summed E-state index contributed by atoms with van der Waals surface area (Å²) in [7, 11) is 2.60. The van der Waals surface area contributed by atoms with Gasteiger partial charge in [-0.25, -0.2) is 19.3 Å². The highest BCUT2D eigenvalue weighted by Crippen LogP contribution is 2.34. The molecule has 0 bridgehead atoms. The molecule has 0 saturated heterocycles. The van der Waals surface area contributed by atoms with Gasteiger partial charge >= 0.3 is 6.18 Å². The van der Waals surface area contributed by atoms with Gasteiger partial charge in [-0.1, -0.05) is 12.1 Å². The molecule has 184 valence electrons. The van der Waals surface area contributed by atoms with Gasteiger partial charge in [-0.2, -0.15) is 13.2 Å². The third-order valence-electron chi connectivity index (χ3n) is 5.81. The van der Waals surface area contributed by atoms with E-state index in [0.29, 0.717) is 32.0 Å². The lowest BCUT2D eigenvalue weighted by Gasteiger charge is -2.44. The third-order valence-corrected chi connectivity index (χ3v) is 6.22. The van der Waals surface area contributed by atoms with Crippen molar-refractivity contribution in [1.29, 1.82) is 0 Å². The average molecular weight is 506 g/mol. The molecule has 0 aliphatic heterocycles. The summed E-state index contributed by atoms with van der Waals surface area (Å²) in [4.78, 5) is 27.4. The zero-order chi connectivity index (χ0) is 25.0. The Bertz CT molecular complexity index is 1160. The van der Waals surface area contributed by atoms with E-state index in [1.807, 2.05) is 0 Å². The maximum Gasteiger partial charge on any atom is 0.417 e. The van der Waals surface area contributed by atoms with E-state index < -0.39 is 29.6 Å². The Hall–Kier alpha value is -3.13. The molecule has 35 heavy (non-hydrogen) atoms. The highest BCUT2D eigenvalue weighted by atomic mass is 31.0. The van der Waals surface area contributed by atoms with Crippen molar-refractivity contribution < 1.29 is 27.1 Å². The molecular formula is C24H23F4N4O2P. The summed E-state index contributed by atoms with van der Waals surface area (Å²) >= 11 is 0. The number of alkyl halides is 3. The first kappa shape index (κ1) is 25.0. The van der Waals surface area contributed by atoms with E-state index in [9.17, 15) is 22.4 Å². The zero-order valence-electron chi connectivity index (χ0n) is 18.6. The number of rotatable bonds is 8. The maximum absolute atomic E-state index is 15.0. The molecule has 3 atom stereocenters. The van der Waals surface area contributed by atoms with E-state index >= 15 is 0 Å². The average Bonchev–Trinajstić information content (AvgIpc) is 2.84. The van der Waals surface area contributed by atoms with E-state index in [4.69, 9.17) is 4.74 Å². The quantitative estimate of drug-likeness (QED) is 0.317. The Balaban J connectivity index is 1.59. The van der Waals surface area contributed by atoms with Crippen molar-refractivity contribution in [2.24, 2.45) is 0 Å². The smallest absolute Gasteiger partial charge is 0.417 e. The van der Waals surface area contributed by atoms with E-state index in [1.165, 1.54) is 24.5 Å². The fourth-order valence-electron chi connectivity index (χ4n) is 3.91. The molecule has 1 aliphatic carbocycles. The number of carbonyl (C=O) groups is 1. The number of nitrogens with zero attached hydrogens (tertiary/aromatic N) is 4. The highest BCUT2D eigenvalue weighted by Gasteiger charge is 2.41. The molecule has 1 saturated carbocycles. The van der Waals surface area contributed by atoms with Crippen LogP contribution >= 0.6 is 9.24 Å². The summed E-state index contributed by atoms with van der Waals surface area (Å²) in [6.45, 7) is 0.358. The van der Waals surface area contributed by atoms with E-state index in [0.717, 1.165) is 18.3 Å². The van der Waals surface area contributed by atoms with Crippen molar-refractivity contribution in [3.05, 3.63) is 71.9 Å². The number of hydrogen-bond donors (Lipinski definition) is 0. The first-order chi connectivity index (χ1) is 16.8. The zero-order valence-corrected chi connectivity index (χ0v) is 19.7. The van der Waals surface area contributed by atoms with Gasteiger partial charge in [0.1, 0.15) is 11.9 Å². The van der Waals surface area contributed by atoms with Crippen LogP contribution in [0.3, 0.4) is 0 Å². The Morgan fingerprint density at radius 1 is 1.09 bits per heavy atom. The van der Waals surface area contributed by atoms with E-state index in [-0.39, 0.29) is 28.9 Å². The van der Waals surface area contributed by atoms with Gasteiger partial charge < -0.3 is 9.64 Å². The van der Waals surface area contributed by atoms with Crippen LogP contribution in [0.1, 0.15) is 35.2 Å². The van der Waals surface area contributed by atoms with Crippen LogP contribution in [0.4, 0.5) is 17.6 Å². The van der Waals surface area contributed by atoms with Gasteiger partial charge in [0.15, 0.2) is 5.82 Å². The number of hydrogen-bond acceptors (Lipinski definition) is 5. The Morgan fingerprint density at radius 3 is 2.46 bits per heavy atom. The minimum Gasteiger partial charge on any atom is -0.472 e. The minimum atomic E-state index is -4.49. The molecule has 6 nitrogen and oxygen atoms in total. The van der Waals surface area contributed by atoms with Gasteiger partial charge in [0.2, 0.25) is 5.88 Å². The van der Waals surface area contributed by atoms with Gasteiger partial charge in [0.05, 0.1) is 17.2 Å². The minimum absolute atomic E-state index is 0.0374. The van der Waals surface area contributed by atoms with E-state index in [2.05, 4.69) is 24.2 Å². The molecule has 1 amide bonds. The summed E-state index contributed by atoms with van der Waals surface area (Å²) in [6.07, 6.45) is 1.36. The summed E-state index contributed by atoms with van der Waals surface area (Å²) in [5.74, 6) is -0.924.